The van der Waals surface area contributed by atoms with E-state index in [1.165, 1.54) is 51.4 Å². The fraction of sp³-hybridized carbons (Fsp3) is 0.875. The molecule has 1 fully saturated rings. The Bertz CT molecular complexity index is 453. The minimum atomic E-state index is -1.14. The van der Waals surface area contributed by atoms with Crippen molar-refractivity contribution in [3.63, 3.8) is 0 Å². The van der Waals surface area contributed by atoms with E-state index >= 15 is 0 Å². The van der Waals surface area contributed by atoms with Gasteiger partial charge in [-0.1, -0.05) is 70.4 Å². The van der Waals surface area contributed by atoms with E-state index in [2.05, 4.69) is 19.1 Å². The van der Waals surface area contributed by atoms with Gasteiger partial charge in [-0.25, -0.2) is 0 Å². The van der Waals surface area contributed by atoms with Crippen molar-refractivity contribution in [2.24, 2.45) is 0 Å². The van der Waals surface area contributed by atoms with Crippen molar-refractivity contribution in [2.45, 2.75) is 121 Å². The van der Waals surface area contributed by atoms with Crippen molar-refractivity contribution in [3.8, 4) is 0 Å². The zero-order valence-corrected chi connectivity index (χ0v) is 18.8. The minimum absolute atomic E-state index is 0.0197. The van der Waals surface area contributed by atoms with Crippen molar-refractivity contribution in [2.75, 3.05) is 13.2 Å². The Hall–Kier alpha value is -0.950. The Kier molecular flexibility index (Phi) is 16.0. The average molecular weight is 429 g/mol. The molecule has 1 rings (SSSR count). The maximum absolute atomic E-state index is 11.9. The van der Waals surface area contributed by atoms with Crippen LogP contribution in [0.25, 0.3) is 0 Å². The van der Waals surface area contributed by atoms with Crippen LogP contribution >= 0.6 is 0 Å². The third kappa shape index (κ3) is 12.0. The molecule has 0 aromatic rings. The van der Waals surface area contributed by atoms with Crippen LogP contribution in [0.15, 0.2) is 12.2 Å². The fourth-order valence-electron chi connectivity index (χ4n) is 3.73. The van der Waals surface area contributed by atoms with Gasteiger partial charge in [-0.15, -0.1) is 0 Å². The van der Waals surface area contributed by atoms with Crippen molar-refractivity contribution >= 4 is 5.97 Å². The molecule has 1 aliphatic heterocycles. The van der Waals surface area contributed by atoms with E-state index < -0.39 is 37.0 Å². The molecular weight excluding hydrogens is 384 g/mol. The van der Waals surface area contributed by atoms with E-state index in [0.717, 1.165) is 32.1 Å². The summed E-state index contributed by atoms with van der Waals surface area (Å²) < 4.78 is 10.4. The second kappa shape index (κ2) is 17.7. The molecule has 0 spiro atoms. The van der Waals surface area contributed by atoms with Gasteiger partial charge in [0, 0.05) is 6.42 Å². The van der Waals surface area contributed by atoms with Crippen molar-refractivity contribution in [1.29, 1.82) is 0 Å². The van der Waals surface area contributed by atoms with Crippen molar-refractivity contribution in [3.05, 3.63) is 12.2 Å². The number of esters is 1. The number of aliphatic hydroxyl groups is 3. The van der Waals surface area contributed by atoms with Gasteiger partial charge in [0.15, 0.2) is 6.10 Å². The van der Waals surface area contributed by atoms with Crippen LogP contribution < -0.4 is 0 Å². The zero-order chi connectivity index (χ0) is 22.0. The van der Waals surface area contributed by atoms with Crippen LogP contribution in [0, 0.1) is 0 Å². The second-order valence-electron chi connectivity index (χ2n) is 8.40. The Balaban J connectivity index is 1.95. The number of allylic oxidation sites excluding steroid dienone is 2. The van der Waals surface area contributed by atoms with Crippen LogP contribution in [-0.2, 0) is 14.3 Å². The maximum atomic E-state index is 11.9. The van der Waals surface area contributed by atoms with Gasteiger partial charge >= 0.3 is 5.97 Å². The van der Waals surface area contributed by atoms with Crippen LogP contribution in [0.4, 0.5) is 0 Å². The molecular formula is C24H44O6. The molecule has 6 heteroatoms. The van der Waals surface area contributed by atoms with Gasteiger partial charge < -0.3 is 24.8 Å². The average Bonchev–Trinajstić information content (AvgIpc) is 3.07. The van der Waals surface area contributed by atoms with Crippen molar-refractivity contribution < 1.29 is 29.6 Å². The first-order valence-electron chi connectivity index (χ1n) is 12.0. The van der Waals surface area contributed by atoms with Crippen LogP contribution in [0.5, 0.6) is 0 Å². The zero-order valence-electron chi connectivity index (χ0n) is 18.8. The predicted molar refractivity (Wildman–Crippen MR) is 118 cm³/mol. The highest BCUT2D eigenvalue weighted by Gasteiger charge is 2.41. The summed E-state index contributed by atoms with van der Waals surface area (Å²) in [5, 5.41) is 28.7. The Morgan fingerprint density at radius 1 is 0.967 bits per heavy atom. The molecule has 4 atom stereocenters. The number of carbonyl (C=O) groups excluding carboxylic acids is 1. The number of carbonyl (C=O) groups is 1. The van der Waals surface area contributed by atoms with E-state index in [1.807, 2.05) is 0 Å². The summed E-state index contributed by atoms with van der Waals surface area (Å²) >= 11 is 0. The Labute approximate surface area is 182 Å². The number of ether oxygens (including phenoxy) is 2. The van der Waals surface area contributed by atoms with Gasteiger partial charge in [0.05, 0.1) is 13.2 Å². The van der Waals surface area contributed by atoms with Gasteiger partial charge in [0.2, 0.25) is 0 Å². The fourth-order valence-corrected chi connectivity index (χ4v) is 3.73. The standard InChI is InChI=1S/C24H44O6/c1-2-3-4-5-6-7-8-9-10-11-12-13-14-15-16-17-22(27)30-21(18-25)24-23(28)20(26)19-29-24/h9-10,20-21,23-26,28H,2-8,11-19H2,1H3. The molecule has 6 nitrogen and oxygen atoms in total. The highest BCUT2D eigenvalue weighted by molar-refractivity contribution is 5.69. The molecule has 0 aromatic heterocycles. The molecule has 0 aromatic carbocycles. The highest BCUT2D eigenvalue weighted by Crippen LogP contribution is 2.20. The van der Waals surface area contributed by atoms with Crippen LogP contribution in [0.1, 0.15) is 96.8 Å². The molecule has 0 saturated carbocycles. The Morgan fingerprint density at radius 2 is 1.53 bits per heavy atom. The lowest BCUT2D eigenvalue weighted by molar-refractivity contribution is -0.162. The van der Waals surface area contributed by atoms with Gasteiger partial charge in [0.1, 0.15) is 18.3 Å². The third-order valence-electron chi connectivity index (χ3n) is 5.66. The summed E-state index contributed by atoms with van der Waals surface area (Å²) in [6, 6.07) is 0. The van der Waals surface area contributed by atoms with Gasteiger partial charge in [0.25, 0.3) is 0 Å². The van der Waals surface area contributed by atoms with Crippen molar-refractivity contribution in [1.82, 2.24) is 0 Å². The summed E-state index contributed by atoms with van der Waals surface area (Å²) in [7, 11) is 0. The lowest BCUT2D eigenvalue weighted by Crippen LogP contribution is -2.43. The number of hydrogen-bond acceptors (Lipinski definition) is 6. The van der Waals surface area contributed by atoms with Crippen LogP contribution in [0.2, 0.25) is 0 Å². The molecule has 176 valence electrons. The second-order valence-corrected chi connectivity index (χ2v) is 8.40. The van der Waals surface area contributed by atoms with E-state index in [-0.39, 0.29) is 6.61 Å². The molecule has 3 N–H and O–H groups in total. The number of unbranched alkanes of at least 4 members (excludes halogenated alkanes) is 11. The van der Waals surface area contributed by atoms with E-state index in [0.29, 0.717) is 6.42 Å². The number of aliphatic hydroxyl groups excluding tert-OH is 3. The SMILES string of the molecule is CCCCCCCCC=CCCCCCCCC(=O)OC(CO)C1OCC(O)C1O. The van der Waals surface area contributed by atoms with E-state index in [9.17, 15) is 20.1 Å². The molecule has 0 bridgehead atoms. The van der Waals surface area contributed by atoms with Gasteiger partial charge in [-0.05, 0) is 32.1 Å². The van der Waals surface area contributed by atoms with Gasteiger partial charge in [-0.3, -0.25) is 4.79 Å². The summed E-state index contributed by atoms with van der Waals surface area (Å²) in [4.78, 5) is 11.9. The molecule has 30 heavy (non-hydrogen) atoms. The molecule has 0 aliphatic carbocycles. The van der Waals surface area contributed by atoms with E-state index in [4.69, 9.17) is 9.47 Å². The topological polar surface area (TPSA) is 96.2 Å². The first-order chi connectivity index (χ1) is 14.6. The van der Waals surface area contributed by atoms with Gasteiger partial charge in [-0.2, -0.15) is 0 Å². The summed E-state index contributed by atoms with van der Waals surface area (Å²) in [5.41, 5.74) is 0. The largest absolute Gasteiger partial charge is 0.457 e. The summed E-state index contributed by atoms with van der Waals surface area (Å²) in [6.45, 7) is 1.79. The normalized spacial score (nSPS) is 22.6. The summed E-state index contributed by atoms with van der Waals surface area (Å²) in [5.74, 6) is -0.399. The molecule has 1 saturated heterocycles. The molecule has 1 aliphatic rings. The monoisotopic (exact) mass is 428 g/mol. The third-order valence-corrected chi connectivity index (χ3v) is 5.66. The smallest absolute Gasteiger partial charge is 0.306 e. The van der Waals surface area contributed by atoms with Crippen LogP contribution in [0.3, 0.4) is 0 Å². The quantitative estimate of drug-likeness (QED) is 0.173. The lowest BCUT2D eigenvalue weighted by Gasteiger charge is -2.24. The first-order valence-corrected chi connectivity index (χ1v) is 12.0. The highest BCUT2D eigenvalue weighted by atomic mass is 16.6. The lowest BCUT2D eigenvalue weighted by atomic mass is 10.1. The number of rotatable bonds is 18. The molecule has 0 amide bonds. The van der Waals surface area contributed by atoms with E-state index in [1.54, 1.807) is 0 Å². The van der Waals surface area contributed by atoms with Crippen LogP contribution in [-0.4, -0.2) is 58.9 Å². The maximum Gasteiger partial charge on any atom is 0.306 e. The molecule has 0 radical (unpaired) electrons. The summed E-state index contributed by atoms with van der Waals surface area (Å²) in [6.07, 6.45) is 16.5. The number of hydrogen-bond donors (Lipinski definition) is 3. The Morgan fingerprint density at radius 3 is 2.07 bits per heavy atom. The molecule has 1 heterocycles. The first kappa shape index (κ1) is 27.1. The minimum Gasteiger partial charge on any atom is -0.457 e. The molecule has 4 unspecified atom stereocenters. The predicted octanol–water partition coefficient (Wildman–Crippen LogP) is 4.05.